The zero-order valence-electron chi connectivity index (χ0n) is 22.5. The molecule has 5 heteroatoms. The molecule has 3 aromatic carbocycles. The van der Waals surface area contributed by atoms with Crippen LogP contribution < -0.4 is 0 Å². The van der Waals surface area contributed by atoms with E-state index in [1.807, 2.05) is 24.3 Å². The molecule has 0 saturated heterocycles. The predicted molar refractivity (Wildman–Crippen MR) is 145 cm³/mol. The summed E-state index contributed by atoms with van der Waals surface area (Å²) in [6, 6.07) is 14.2. The van der Waals surface area contributed by atoms with Gasteiger partial charge in [-0.1, -0.05) is 81.6 Å². The zero-order chi connectivity index (χ0) is 27.1. The minimum Gasteiger partial charge on any atom is -0.373 e. The van der Waals surface area contributed by atoms with Crippen LogP contribution in [-0.2, 0) is 24.2 Å². The van der Waals surface area contributed by atoms with Gasteiger partial charge in [0.1, 0.15) is 0 Å². The van der Waals surface area contributed by atoms with Crippen molar-refractivity contribution in [1.82, 2.24) is 0 Å². The van der Waals surface area contributed by atoms with Crippen molar-refractivity contribution in [2.45, 2.75) is 96.7 Å². The van der Waals surface area contributed by atoms with Crippen LogP contribution in [-0.4, -0.2) is 6.10 Å². The van der Waals surface area contributed by atoms with Crippen LogP contribution in [0.3, 0.4) is 0 Å². The van der Waals surface area contributed by atoms with Gasteiger partial charge in [-0.05, 0) is 73.1 Å². The Balaban J connectivity index is 1.33. The molecule has 1 saturated carbocycles. The second-order valence-corrected chi connectivity index (χ2v) is 10.5. The van der Waals surface area contributed by atoms with Gasteiger partial charge >= 0.3 is 0 Å². The van der Waals surface area contributed by atoms with Crippen LogP contribution in [0.4, 0.5) is 17.6 Å². The fraction of sp³-hybridized carbons (Fsp3) is 0.455. The van der Waals surface area contributed by atoms with E-state index in [4.69, 9.17) is 4.74 Å². The molecular weight excluding hydrogens is 488 g/mol. The van der Waals surface area contributed by atoms with Crippen molar-refractivity contribution in [2.24, 2.45) is 0 Å². The molecule has 3 aromatic rings. The van der Waals surface area contributed by atoms with E-state index in [0.29, 0.717) is 48.8 Å². The first-order valence-electron chi connectivity index (χ1n) is 14.1. The molecule has 0 bridgehead atoms. The molecule has 4 rings (SSSR count). The van der Waals surface area contributed by atoms with E-state index in [1.54, 1.807) is 24.3 Å². The van der Waals surface area contributed by atoms with Gasteiger partial charge < -0.3 is 4.74 Å². The van der Waals surface area contributed by atoms with Crippen molar-refractivity contribution >= 4 is 0 Å². The molecule has 1 aliphatic rings. The summed E-state index contributed by atoms with van der Waals surface area (Å²) in [4.78, 5) is 0. The maximum Gasteiger partial charge on any atom is 0.167 e. The van der Waals surface area contributed by atoms with Gasteiger partial charge in [-0.2, -0.15) is 0 Å². The SMILES string of the molecule is CCCCCc1ccc(C2CCC(OCc3ccc(-c4ccc(CCC)cc4)c(F)c3F)CC2)c(F)c1F. The Morgan fingerprint density at radius 2 is 1.34 bits per heavy atom. The Kier molecular flexibility index (Phi) is 10.0. The highest BCUT2D eigenvalue weighted by atomic mass is 19.2. The average molecular weight is 527 g/mol. The van der Waals surface area contributed by atoms with E-state index in [1.165, 1.54) is 5.56 Å². The van der Waals surface area contributed by atoms with E-state index in [2.05, 4.69) is 13.8 Å². The van der Waals surface area contributed by atoms with Gasteiger partial charge in [-0.3, -0.25) is 0 Å². The van der Waals surface area contributed by atoms with Gasteiger partial charge in [-0.15, -0.1) is 0 Å². The van der Waals surface area contributed by atoms with Crippen LogP contribution in [0.25, 0.3) is 11.1 Å². The van der Waals surface area contributed by atoms with E-state index in [9.17, 15) is 17.6 Å². The van der Waals surface area contributed by atoms with Crippen LogP contribution in [0, 0.1) is 23.3 Å². The third-order valence-electron chi connectivity index (χ3n) is 7.80. The Bertz CT molecular complexity index is 1200. The third kappa shape index (κ3) is 6.66. The average Bonchev–Trinajstić information content (AvgIpc) is 2.93. The first-order chi connectivity index (χ1) is 18.4. The Hall–Kier alpha value is -2.66. The summed E-state index contributed by atoms with van der Waals surface area (Å²) >= 11 is 0. The summed E-state index contributed by atoms with van der Waals surface area (Å²) in [7, 11) is 0. The monoisotopic (exact) mass is 526 g/mol. The van der Waals surface area contributed by atoms with Crippen molar-refractivity contribution in [2.75, 3.05) is 0 Å². The second kappa shape index (κ2) is 13.4. The molecule has 0 unspecified atom stereocenters. The number of aryl methyl sites for hydroxylation is 2. The summed E-state index contributed by atoms with van der Waals surface area (Å²) in [5.41, 5.74) is 3.12. The predicted octanol–water partition coefficient (Wildman–Crippen LogP) is 9.84. The molecule has 204 valence electrons. The van der Waals surface area contributed by atoms with Crippen molar-refractivity contribution in [3.05, 3.63) is 94.1 Å². The maximum atomic E-state index is 14.9. The van der Waals surface area contributed by atoms with Crippen LogP contribution in [0.5, 0.6) is 0 Å². The van der Waals surface area contributed by atoms with E-state index in [-0.39, 0.29) is 29.8 Å². The van der Waals surface area contributed by atoms with Gasteiger partial charge in [0.15, 0.2) is 23.3 Å². The molecule has 0 atom stereocenters. The van der Waals surface area contributed by atoms with Crippen molar-refractivity contribution in [3.8, 4) is 11.1 Å². The Labute approximate surface area is 224 Å². The lowest BCUT2D eigenvalue weighted by Crippen LogP contribution is -2.22. The molecule has 0 heterocycles. The first-order valence-corrected chi connectivity index (χ1v) is 14.1. The molecular formula is C33H38F4O. The molecule has 0 aromatic heterocycles. The molecule has 0 spiro atoms. The number of ether oxygens (including phenoxy) is 1. The van der Waals surface area contributed by atoms with Crippen LogP contribution >= 0.6 is 0 Å². The topological polar surface area (TPSA) is 9.23 Å². The smallest absolute Gasteiger partial charge is 0.167 e. The zero-order valence-corrected chi connectivity index (χ0v) is 22.5. The van der Waals surface area contributed by atoms with Crippen molar-refractivity contribution < 1.29 is 22.3 Å². The Morgan fingerprint density at radius 1 is 0.658 bits per heavy atom. The highest BCUT2D eigenvalue weighted by molar-refractivity contribution is 5.65. The largest absolute Gasteiger partial charge is 0.373 e. The standard InChI is InChI=1S/C33H38F4O/c1-3-5-6-8-25-15-19-28(32(36)30(25)34)24-13-17-27(18-14-24)38-21-26-16-20-29(33(37)31(26)35)23-11-9-22(7-4-2)10-12-23/h9-12,15-16,19-20,24,27H,3-8,13-14,17-18,21H2,1-2H3. The molecule has 0 N–H and O–H groups in total. The number of halogens is 4. The van der Waals surface area contributed by atoms with Crippen LogP contribution in [0.15, 0.2) is 48.5 Å². The molecule has 0 aliphatic heterocycles. The van der Waals surface area contributed by atoms with Gasteiger partial charge in [0, 0.05) is 11.1 Å². The van der Waals surface area contributed by atoms with E-state index in [0.717, 1.165) is 32.1 Å². The lowest BCUT2D eigenvalue weighted by atomic mass is 9.82. The molecule has 38 heavy (non-hydrogen) atoms. The van der Waals surface area contributed by atoms with Gasteiger partial charge in [0.25, 0.3) is 0 Å². The summed E-state index contributed by atoms with van der Waals surface area (Å²) in [5.74, 6) is -3.25. The highest BCUT2D eigenvalue weighted by Gasteiger charge is 2.27. The quantitative estimate of drug-likeness (QED) is 0.178. The highest BCUT2D eigenvalue weighted by Crippen LogP contribution is 2.37. The van der Waals surface area contributed by atoms with Crippen LogP contribution in [0.1, 0.15) is 93.4 Å². The molecule has 1 nitrogen and oxygen atoms in total. The summed E-state index contributed by atoms with van der Waals surface area (Å²) in [6.07, 6.45) is 7.96. The summed E-state index contributed by atoms with van der Waals surface area (Å²) in [5, 5.41) is 0. The first kappa shape index (κ1) is 28.4. The number of benzene rings is 3. The summed E-state index contributed by atoms with van der Waals surface area (Å²) in [6.45, 7) is 4.16. The number of hydrogen-bond acceptors (Lipinski definition) is 1. The van der Waals surface area contributed by atoms with Crippen molar-refractivity contribution in [3.63, 3.8) is 0 Å². The molecule has 0 radical (unpaired) electrons. The van der Waals surface area contributed by atoms with Crippen molar-refractivity contribution in [1.29, 1.82) is 0 Å². The normalized spacial score (nSPS) is 17.6. The summed E-state index contributed by atoms with van der Waals surface area (Å²) < 4.78 is 65.1. The lowest BCUT2D eigenvalue weighted by molar-refractivity contribution is 0.0116. The third-order valence-corrected chi connectivity index (χ3v) is 7.80. The van der Waals surface area contributed by atoms with E-state index >= 15 is 0 Å². The lowest BCUT2D eigenvalue weighted by Gasteiger charge is -2.29. The molecule has 0 amide bonds. The Morgan fingerprint density at radius 3 is 2.03 bits per heavy atom. The second-order valence-electron chi connectivity index (χ2n) is 10.5. The number of rotatable bonds is 11. The maximum absolute atomic E-state index is 14.9. The number of unbranched alkanes of at least 4 members (excludes halogenated alkanes) is 2. The minimum absolute atomic E-state index is 0.0246. The minimum atomic E-state index is -0.884. The fourth-order valence-corrected chi connectivity index (χ4v) is 5.49. The molecule has 1 fully saturated rings. The van der Waals surface area contributed by atoms with E-state index < -0.39 is 23.3 Å². The molecule has 1 aliphatic carbocycles. The van der Waals surface area contributed by atoms with Gasteiger partial charge in [0.05, 0.1) is 12.7 Å². The van der Waals surface area contributed by atoms with Gasteiger partial charge in [-0.25, -0.2) is 17.6 Å². The van der Waals surface area contributed by atoms with Crippen LogP contribution in [0.2, 0.25) is 0 Å². The number of hydrogen-bond donors (Lipinski definition) is 0. The van der Waals surface area contributed by atoms with Gasteiger partial charge in [0.2, 0.25) is 0 Å². The fourth-order valence-electron chi connectivity index (χ4n) is 5.49.